The summed E-state index contributed by atoms with van der Waals surface area (Å²) in [6.07, 6.45) is 5.97. The Morgan fingerprint density at radius 3 is 0.733 bits per heavy atom. The highest BCUT2D eigenvalue weighted by Crippen LogP contribution is 2.12. The molecule has 0 saturated carbocycles. The van der Waals surface area contributed by atoms with Crippen LogP contribution in [0.25, 0.3) is 0 Å². The summed E-state index contributed by atoms with van der Waals surface area (Å²) in [5, 5.41) is 1.36. The summed E-state index contributed by atoms with van der Waals surface area (Å²) in [7, 11) is 0. The Bertz CT molecular complexity index is 125. The Hall–Kier alpha value is 4.64. The summed E-state index contributed by atoms with van der Waals surface area (Å²) >= 11 is 77.7. The number of hydrogen-bond donors (Lipinski definition) is 0. The van der Waals surface area contributed by atoms with E-state index in [9.17, 15) is 0 Å². The molecule has 0 unspecified atom stereocenters. The molecule has 0 aromatic heterocycles. The van der Waals surface area contributed by atoms with E-state index >= 15 is 0 Å². The van der Waals surface area contributed by atoms with Gasteiger partial charge in [-0.1, -0.05) is 32.6 Å². The highest BCUT2D eigenvalue weighted by atomic mass is 35.6. The van der Waals surface area contributed by atoms with Crippen LogP contribution >= 0.6 is 186 Å². The first kappa shape index (κ1) is 55.2. The van der Waals surface area contributed by atoms with Crippen LogP contribution in [-0.4, -0.2) is 42.2 Å². The second kappa shape index (κ2) is 92.9. The molecule has 196 valence electrons. The van der Waals surface area contributed by atoms with E-state index in [1.54, 1.807) is 0 Å². The van der Waals surface area contributed by atoms with Gasteiger partial charge in [0, 0.05) is 0 Å². The maximum atomic E-state index is 5.52. The molecule has 0 fully saturated rings. The van der Waals surface area contributed by atoms with Gasteiger partial charge in [-0.2, -0.15) is 0 Å². The van der Waals surface area contributed by atoms with Gasteiger partial charge in [0.25, 0.3) is 0 Å². The molecule has 0 bridgehead atoms. The smallest absolute Gasteiger partial charge is 0.107 e. The molecule has 0 aliphatic rings. The van der Waals surface area contributed by atoms with E-state index in [1.807, 2.05) is 0 Å². The standard InChI is InChI=1S/C7H14Cl2.7CH2Cl2/c1-2-3-4-5-6-7(8)9;7*2-1-3/h7H,2-6H2,1H3;7*1H2. The predicted octanol–water partition coefficient (Wildman–Crippen LogP) is 13.7. The van der Waals surface area contributed by atoms with Crippen molar-refractivity contribution in [2.45, 2.75) is 43.9 Å². The zero-order valence-electron chi connectivity index (χ0n) is 16.1. The minimum atomic E-state index is -0.151. The molecule has 0 radical (unpaired) electrons. The molecular weight excluding hydrogens is 735 g/mol. The van der Waals surface area contributed by atoms with Crippen molar-refractivity contribution in [2.75, 3.05) is 37.4 Å². The van der Waals surface area contributed by atoms with Crippen LogP contribution in [0.4, 0.5) is 0 Å². The lowest BCUT2D eigenvalue weighted by Crippen LogP contribution is -1.85. The summed E-state index contributed by atoms with van der Waals surface area (Å²) in [6.45, 7) is 2.19. The first-order valence-electron chi connectivity index (χ1n) is 7.29. The van der Waals surface area contributed by atoms with Crippen LogP contribution in [0.1, 0.15) is 39.0 Å². The summed E-state index contributed by atoms with van der Waals surface area (Å²) in [6, 6.07) is 0. The largest absolute Gasteiger partial charge is 0.109 e. The van der Waals surface area contributed by atoms with Crippen molar-refractivity contribution in [1.82, 2.24) is 0 Å². The van der Waals surface area contributed by atoms with Gasteiger partial charge >= 0.3 is 0 Å². The lowest BCUT2D eigenvalue weighted by molar-refractivity contribution is 0.650. The second-order valence-electron chi connectivity index (χ2n) is 2.95. The zero-order chi connectivity index (χ0) is 26.1. The molecule has 0 aromatic carbocycles. The molecule has 0 atom stereocenters. The molecule has 0 heterocycles. The van der Waals surface area contributed by atoms with Crippen LogP contribution in [0.2, 0.25) is 0 Å². The molecule has 16 heteroatoms. The van der Waals surface area contributed by atoms with E-state index in [-0.39, 0.29) is 42.2 Å². The fraction of sp³-hybridized carbons (Fsp3) is 1.00. The molecule has 0 nitrogen and oxygen atoms in total. The van der Waals surface area contributed by atoms with Gasteiger partial charge in [-0.15, -0.1) is 186 Å². The Morgan fingerprint density at radius 1 is 0.400 bits per heavy atom. The maximum Gasteiger partial charge on any atom is 0.107 e. The van der Waals surface area contributed by atoms with Crippen LogP contribution in [-0.2, 0) is 0 Å². The van der Waals surface area contributed by atoms with E-state index in [4.69, 9.17) is 186 Å². The maximum absolute atomic E-state index is 5.52. The van der Waals surface area contributed by atoms with E-state index in [0.29, 0.717) is 0 Å². The summed E-state index contributed by atoms with van der Waals surface area (Å²) in [5.74, 6) is 0. The topological polar surface area (TPSA) is 0 Å². The Morgan fingerprint density at radius 2 is 0.600 bits per heavy atom. The van der Waals surface area contributed by atoms with E-state index in [2.05, 4.69) is 6.92 Å². The van der Waals surface area contributed by atoms with Crippen molar-refractivity contribution >= 4 is 186 Å². The lowest BCUT2D eigenvalue weighted by atomic mass is 10.2. The van der Waals surface area contributed by atoms with E-state index < -0.39 is 0 Å². The monoisotopic (exact) mass is 756 g/mol. The van der Waals surface area contributed by atoms with Gasteiger partial charge < -0.3 is 0 Å². The third-order valence-corrected chi connectivity index (χ3v) is 1.71. The fourth-order valence-electron chi connectivity index (χ4n) is 0.725. The van der Waals surface area contributed by atoms with Gasteiger partial charge in [-0.05, 0) is 6.42 Å². The SMILES string of the molecule is CCCCCCC(Cl)Cl.ClCCl.ClCCl.ClCCl.ClCCl.ClCCl.ClCCl.ClCCl. The predicted molar refractivity (Wildman–Crippen MR) is 160 cm³/mol. The molecule has 0 aliphatic carbocycles. The highest BCUT2D eigenvalue weighted by molar-refractivity contribution is 6.44. The second-order valence-corrected chi connectivity index (χ2v) is 9.88. The molecule has 0 spiro atoms. The van der Waals surface area contributed by atoms with Crippen LogP contribution in [0.5, 0.6) is 0 Å². The number of halogens is 16. The molecule has 30 heavy (non-hydrogen) atoms. The Balaban J connectivity index is -0.0000000330. The van der Waals surface area contributed by atoms with Crippen molar-refractivity contribution in [3.8, 4) is 0 Å². The minimum absolute atomic E-state index is 0.151. The minimum Gasteiger partial charge on any atom is -0.109 e. The van der Waals surface area contributed by atoms with E-state index in [1.165, 1.54) is 25.7 Å². The van der Waals surface area contributed by atoms with Crippen molar-refractivity contribution in [3.63, 3.8) is 0 Å². The molecule has 0 aromatic rings. The normalized spacial score (nSPS) is 7.40. The van der Waals surface area contributed by atoms with Crippen LogP contribution in [0.15, 0.2) is 0 Å². The number of alkyl halides is 16. The highest BCUT2D eigenvalue weighted by Gasteiger charge is 1.96. The first-order chi connectivity index (χ1) is 14.2. The number of rotatable bonds is 5. The summed E-state index contributed by atoms with van der Waals surface area (Å²) < 4.78 is 0. The van der Waals surface area contributed by atoms with Crippen LogP contribution in [0, 0.1) is 0 Å². The van der Waals surface area contributed by atoms with Gasteiger partial charge in [0.2, 0.25) is 0 Å². The third-order valence-electron chi connectivity index (χ3n) is 1.28. The summed E-state index contributed by atoms with van der Waals surface area (Å²) in [4.78, 5) is -0.151. The van der Waals surface area contributed by atoms with Gasteiger partial charge in [0.15, 0.2) is 0 Å². The zero-order valence-corrected chi connectivity index (χ0v) is 28.2. The van der Waals surface area contributed by atoms with Gasteiger partial charge in [0.05, 0.1) is 37.4 Å². The van der Waals surface area contributed by atoms with Gasteiger partial charge in [0.1, 0.15) is 4.84 Å². The molecule has 0 N–H and O–H groups in total. The summed E-state index contributed by atoms with van der Waals surface area (Å²) in [5.41, 5.74) is 0. The third kappa shape index (κ3) is 289. The average Bonchev–Trinajstić information content (AvgIpc) is 2.63. The number of unbranched alkanes of at least 4 members (excludes halogenated alkanes) is 3. The Kier molecular flexibility index (Phi) is 171. The average molecular weight is 764 g/mol. The number of hydrogen-bond acceptors (Lipinski definition) is 0. The van der Waals surface area contributed by atoms with Crippen molar-refractivity contribution in [1.29, 1.82) is 0 Å². The van der Waals surface area contributed by atoms with Crippen molar-refractivity contribution in [3.05, 3.63) is 0 Å². The van der Waals surface area contributed by atoms with Crippen molar-refractivity contribution in [2.24, 2.45) is 0 Å². The van der Waals surface area contributed by atoms with Crippen LogP contribution < -0.4 is 0 Å². The quantitative estimate of drug-likeness (QED) is 0.193. The van der Waals surface area contributed by atoms with Gasteiger partial charge in [-0.25, -0.2) is 0 Å². The van der Waals surface area contributed by atoms with E-state index in [0.717, 1.165) is 6.42 Å². The Labute approximate surface area is 263 Å². The lowest BCUT2D eigenvalue weighted by Gasteiger charge is -1.98. The first-order valence-corrected chi connectivity index (χ1v) is 15.6. The molecule has 0 amide bonds. The van der Waals surface area contributed by atoms with Crippen LogP contribution in [0.3, 0.4) is 0 Å². The fourth-order valence-corrected chi connectivity index (χ4v) is 1.03. The molecule has 0 rings (SSSR count). The van der Waals surface area contributed by atoms with Gasteiger partial charge in [-0.3, -0.25) is 0 Å². The van der Waals surface area contributed by atoms with Crippen molar-refractivity contribution < 1.29 is 0 Å². The molecular formula is C14H28Cl16. The molecule has 0 saturated heterocycles. The molecule has 0 aliphatic heterocycles.